The molecule has 1 amide bonds. The van der Waals surface area contributed by atoms with Crippen LogP contribution in [0.4, 0.5) is 0 Å². The van der Waals surface area contributed by atoms with E-state index in [9.17, 15) is 4.79 Å². The number of carbonyl (C=O) groups is 1. The summed E-state index contributed by atoms with van der Waals surface area (Å²) in [6.45, 7) is 5.35. The van der Waals surface area contributed by atoms with Crippen molar-refractivity contribution in [1.82, 2.24) is 10.2 Å². The fourth-order valence-electron chi connectivity index (χ4n) is 2.66. The third-order valence-electron chi connectivity index (χ3n) is 3.87. The zero-order valence-corrected chi connectivity index (χ0v) is 11.7. The molecule has 3 heteroatoms. The molecular weight excluding hydrogens is 212 g/mol. The van der Waals surface area contributed by atoms with Gasteiger partial charge in [0.05, 0.1) is 0 Å². The highest BCUT2D eigenvalue weighted by atomic mass is 16.2. The van der Waals surface area contributed by atoms with Crippen molar-refractivity contribution < 1.29 is 4.79 Å². The second-order valence-electron chi connectivity index (χ2n) is 5.17. The van der Waals surface area contributed by atoms with Crippen LogP contribution >= 0.6 is 0 Å². The fourth-order valence-corrected chi connectivity index (χ4v) is 2.66. The van der Waals surface area contributed by atoms with Gasteiger partial charge in [0.15, 0.2) is 0 Å². The predicted octanol–water partition coefficient (Wildman–Crippen LogP) is 2.56. The van der Waals surface area contributed by atoms with E-state index in [4.69, 9.17) is 0 Å². The van der Waals surface area contributed by atoms with Gasteiger partial charge in [-0.15, -0.1) is 0 Å². The molecule has 17 heavy (non-hydrogen) atoms. The molecule has 1 aliphatic rings. The third kappa shape index (κ3) is 4.66. The standard InChI is InChI=1S/C14H28N2O/c1-4-6-7-14(17)16(3)13-10-8-12(9-11-13)15-5-2/h12-13,15H,4-11H2,1-3H3. The maximum absolute atomic E-state index is 11.9. The Morgan fingerprint density at radius 3 is 2.41 bits per heavy atom. The molecule has 0 aromatic rings. The number of nitrogens with one attached hydrogen (secondary N) is 1. The molecule has 1 fully saturated rings. The first kappa shape index (κ1) is 14.5. The minimum Gasteiger partial charge on any atom is -0.343 e. The van der Waals surface area contributed by atoms with Crippen LogP contribution in [0.5, 0.6) is 0 Å². The number of carbonyl (C=O) groups excluding carboxylic acids is 1. The van der Waals surface area contributed by atoms with E-state index >= 15 is 0 Å². The molecule has 100 valence electrons. The van der Waals surface area contributed by atoms with Crippen LogP contribution in [0.25, 0.3) is 0 Å². The van der Waals surface area contributed by atoms with Crippen LogP contribution < -0.4 is 5.32 Å². The molecule has 0 aromatic carbocycles. The molecule has 0 aromatic heterocycles. The van der Waals surface area contributed by atoms with Gasteiger partial charge in [-0.2, -0.15) is 0 Å². The number of nitrogens with zero attached hydrogens (tertiary/aromatic N) is 1. The van der Waals surface area contributed by atoms with Gasteiger partial charge in [-0.1, -0.05) is 20.3 Å². The lowest BCUT2D eigenvalue weighted by Crippen LogP contribution is -2.43. The van der Waals surface area contributed by atoms with Crippen LogP contribution in [0.2, 0.25) is 0 Å². The molecule has 1 saturated carbocycles. The second-order valence-corrected chi connectivity index (χ2v) is 5.17. The Balaban J connectivity index is 2.29. The lowest BCUT2D eigenvalue weighted by molar-refractivity contribution is -0.132. The molecule has 0 atom stereocenters. The molecule has 0 radical (unpaired) electrons. The molecule has 1 N–H and O–H groups in total. The van der Waals surface area contributed by atoms with Crippen molar-refractivity contribution in [2.24, 2.45) is 0 Å². The molecule has 0 saturated heterocycles. The summed E-state index contributed by atoms with van der Waals surface area (Å²) in [6, 6.07) is 1.16. The van der Waals surface area contributed by atoms with Crippen molar-refractivity contribution in [3.8, 4) is 0 Å². The van der Waals surface area contributed by atoms with Gasteiger partial charge < -0.3 is 10.2 Å². The van der Waals surface area contributed by atoms with E-state index < -0.39 is 0 Å². The predicted molar refractivity (Wildman–Crippen MR) is 72.0 cm³/mol. The SMILES string of the molecule is CCCCC(=O)N(C)C1CCC(NCC)CC1. The Hall–Kier alpha value is -0.570. The first-order valence-corrected chi connectivity index (χ1v) is 7.18. The van der Waals surface area contributed by atoms with E-state index in [2.05, 4.69) is 19.2 Å². The average Bonchev–Trinajstić information content (AvgIpc) is 2.36. The molecule has 1 aliphatic carbocycles. The van der Waals surface area contributed by atoms with Crippen LogP contribution in [0.3, 0.4) is 0 Å². The fraction of sp³-hybridized carbons (Fsp3) is 0.929. The lowest BCUT2D eigenvalue weighted by atomic mass is 9.90. The van der Waals surface area contributed by atoms with Crippen molar-refractivity contribution in [2.45, 2.75) is 70.9 Å². The van der Waals surface area contributed by atoms with Crippen LogP contribution in [0, 0.1) is 0 Å². The summed E-state index contributed by atoms with van der Waals surface area (Å²) in [4.78, 5) is 13.9. The maximum Gasteiger partial charge on any atom is 0.222 e. The van der Waals surface area contributed by atoms with Crippen molar-refractivity contribution in [3.05, 3.63) is 0 Å². The summed E-state index contributed by atoms with van der Waals surface area (Å²) >= 11 is 0. The third-order valence-corrected chi connectivity index (χ3v) is 3.87. The number of amides is 1. The Morgan fingerprint density at radius 1 is 1.24 bits per heavy atom. The Kier molecular flexibility index (Phi) is 6.56. The molecule has 3 nitrogen and oxygen atoms in total. The zero-order chi connectivity index (χ0) is 12.7. The molecule has 0 bridgehead atoms. The summed E-state index contributed by atoms with van der Waals surface area (Å²) in [7, 11) is 1.98. The van der Waals surface area contributed by atoms with Crippen LogP contribution in [-0.2, 0) is 4.79 Å². The summed E-state index contributed by atoms with van der Waals surface area (Å²) < 4.78 is 0. The Morgan fingerprint density at radius 2 is 1.88 bits per heavy atom. The molecule has 0 unspecified atom stereocenters. The van der Waals surface area contributed by atoms with E-state index in [0.29, 0.717) is 18.0 Å². The van der Waals surface area contributed by atoms with Gasteiger partial charge in [-0.25, -0.2) is 0 Å². The van der Waals surface area contributed by atoms with Gasteiger partial charge in [0, 0.05) is 25.6 Å². The van der Waals surface area contributed by atoms with Crippen molar-refractivity contribution in [3.63, 3.8) is 0 Å². The highest BCUT2D eigenvalue weighted by Crippen LogP contribution is 2.23. The van der Waals surface area contributed by atoms with Crippen LogP contribution in [-0.4, -0.2) is 36.5 Å². The molecule has 0 heterocycles. The van der Waals surface area contributed by atoms with Crippen molar-refractivity contribution >= 4 is 5.91 Å². The molecule has 0 spiro atoms. The summed E-state index contributed by atoms with van der Waals surface area (Å²) in [5, 5.41) is 3.50. The lowest BCUT2D eigenvalue weighted by Gasteiger charge is -2.35. The number of hydrogen-bond donors (Lipinski definition) is 1. The van der Waals surface area contributed by atoms with E-state index in [1.165, 1.54) is 12.8 Å². The molecule has 0 aliphatic heterocycles. The highest BCUT2D eigenvalue weighted by molar-refractivity contribution is 5.76. The van der Waals surface area contributed by atoms with Crippen molar-refractivity contribution in [2.75, 3.05) is 13.6 Å². The van der Waals surface area contributed by atoms with Crippen LogP contribution in [0.15, 0.2) is 0 Å². The van der Waals surface area contributed by atoms with Gasteiger partial charge >= 0.3 is 0 Å². The summed E-state index contributed by atoms with van der Waals surface area (Å²) in [5.41, 5.74) is 0. The maximum atomic E-state index is 11.9. The Labute approximate surface area is 106 Å². The first-order valence-electron chi connectivity index (χ1n) is 7.18. The van der Waals surface area contributed by atoms with Gasteiger partial charge in [-0.05, 0) is 38.6 Å². The van der Waals surface area contributed by atoms with E-state index in [1.54, 1.807) is 0 Å². The quantitative estimate of drug-likeness (QED) is 0.774. The van der Waals surface area contributed by atoms with Crippen molar-refractivity contribution in [1.29, 1.82) is 0 Å². The van der Waals surface area contributed by atoms with E-state index in [1.807, 2.05) is 11.9 Å². The minimum atomic E-state index is 0.332. The van der Waals surface area contributed by atoms with Crippen LogP contribution in [0.1, 0.15) is 58.8 Å². The molecule has 1 rings (SSSR count). The topological polar surface area (TPSA) is 32.3 Å². The largest absolute Gasteiger partial charge is 0.343 e. The van der Waals surface area contributed by atoms with Gasteiger partial charge in [-0.3, -0.25) is 4.79 Å². The number of hydrogen-bond acceptors (Lipinski definition) is 2. The highest BCUT2D eigenvalue weighted by Gasteiger charge is 2.25. The monoisotopic (exact) mass is 240 g/mol. The first-order chi connectivity index (χ1) is 8.19. The van der Waals surface area contributed by atoms with Gasteiger partial charge in [0.2, 0.25) is 5.91 Å². The number of unbranched alkanes of at least 4 members (excludes halogenated alkanes) is 1. The average molecular weight is 240 g/mol. The summed E-state index contributed by atoms with van der Waals surface area (Å²) in [5.74, 6) is 0.332. The van der Waals surface area contributed by atoms with Gasteiger partial charge in [0.25, 0.3) is 0 Å². The van der Waals surface area contributed by atoms with Gasteiger partial charge in [0.1, 0.15) is 0 Å². The molecular formula is C14H28N2O. The smallest absolute Gasteiger partial charge is 0.222 e. The number of rotatable bonds is 6. The second kappa shape index (κ2) is 7.70. The van der Waals surface area contributed by atoms with E-state index in [-0.39, 0.29) is 0 Å². The van der Waals surface area contributed by atoms with E-state index in [0.717, 1.165) is 38.6 Å². The normalized spacial score (nSPS) is 24.6. The Bertz CT molecular complexity index is 222. The minimum absolute atomic E-state index is 0.332. The summed E-state index contributed by atoms with van der Waals surface area (Å²) in [6.07, 6.45) is 7.59. The zero-order valence-electron chi connectivity index (χ0n) is 11.7.